The number of hydrogen-bond acceptors (Lipinski definition) is 2. The Kier molecular flexibility index (Phi) is 3.29. The highest BCUT2D eigenvalue weighted by molar-refractivity contribution is 6.31. The summed E-state index contributed by atoms with van der Waals surface area (Å²) in [4.78, 5) is 2.40. The number of nitrogens with two attached hydrogens (primary N) is 1. The molecule has 1 fully saturated rings. The molecule has 2 unspecified atom stereocenters. The summed E-state index contributed by atoms with van der Waals surface area (Å²) in [5.41, 5.74) is 7.95. The topological polar surface area (TPSA) is 29.3 Å². The lowest BCUT2D eigenvalue weighted by molar-refractivity contribution is 0.390. The Morgan fingerprint density at radius 1 is 1.31 bits per heavy atom. The lowest BCUT2D eigenvalue weighted by Crippen LogP contribution is -2.41. The van der Waals surface area contributed by atoms with Gasteiger partial charge in [-0.1, -0.05) is 18.5 Å². The number of benzene rings is 1. The highest BCUT2D eigenvalue weighted by Crippen LogP contribution is 2.32. The SMILES string of the molecule is CC1CCC(C)N(c2ccc(Cl)cc2N)C1. The molecule has 0 radical (unpaired) electrons. The Hall–Kier alpha value is -0.890. The molecule has 0 aliphatic carbocycles. The largest absolute Gasteiger partial charge is 0.397 e. The van der Waals surface area contributed by atoms with Crippen LogP contribution in [-0.2, 0) is 0 Å². The molecule has 0 saturated carbocycles. The quantitative estimate of drug-likeness (QED) is 0.759. The van der Waals surface area contributed by atoms with E-state index in [1.807, 2.05) is 18.2 Å². The van der Waals surface area contributed by atoms with E-state index in [2.05, 4.69) is 18.7 Å². The second kappa shape index (κ2) is 4.54. The number of piperidine rings is 1. The summed E-state index contributed by atoms with van der Waals surface area (Å²) in [6, 6.07) is 6.36. The summed E-state index contributed by atoms with van der Waals surface area (Å²) in [5.74, 6) is 0.742. The van der Waals surface area contributed by atoms with Crippen LogP contribution in [0.5, 0.6) is 0 Å². The molecule has 1 heterocycles. The van der Waals surface area contributed by atoms with Crippen molar-refractivity contribution in [1.82, 2.24) is 0 Å². The Morgan fingerprint density at radius 2 is 2.06 bits per heavy atom. The first-order valence-corrected chi connectivity index (χ1v) is 6.27. The van der Waals surface area contributed by atoms with Gasteiger partial charge >= 0.3 is 0 Å². The highest BCUT2D eigenvalue weighted by Gasteiger charge is 2.24. The molecule has 0 aromatic heterocycles. The molecular weight excluding hydrogens is 220 g/mol. The third-order valence-corrected chi connectivity index (χ3v) is 3.65. The second-order valence-corrected chi connectivity index (χ2v) is 5.32. The van der Waals surface area contributed by atoms with Crippen molar-refractivity contribution < 1.29 is 0 Å². The van der Waals surface area contributed by atoms with E-state index >= 15 is 0 Å². The third kappa shape index (κ3) is 2.27. The number of nitrogens with zero attached hydrogens (tertiary/aromatic N) is 1. The first-order valence-electron chi connectivity index (χ1n) is 5.89. The van der Waals surface area contributed by atoms with Crippen molar-refractivity contribution in [3.8, 4) is 0 Å². The molecule has 16 heavy (non-hydrogen) atoms. The predicted molar refractivity (Wildman–Crippen MR) is 71.1 cm³/mol. The predicted octanol–water partition coefficient (Wildman–Crippen LogP) is 3.55. The summed E-state index contributed by atoms with van der Waals surface area (Å²) in [6.07, 6.45) is 2.55. The average molecular weight is 239 g/mol. The smallest absolute Gasteiger partial charge is 0.0603 e. The van der Waals surface area contributed by atoms with E-state index in [-0.39, 0.29) is 0 Å². The lowest BCUT2D eigenvalue weighted by atomic mass is 9.94. The van der Waals surface area contributed by atoms with Crippen molar-refractivity contribution in [2.24, 2.45) is 5.92 Å². The standard InChI is InChI=1S/C13H19ClN2/c1-9-3-4-10(2)16(8-9)13-6-5-11(14)7-12(13)15/h5-7,9-10H,3-4,8,15H2,1-2H3. The zero-order valence-corrected chi connectivity index (χ0v) is 10.7. The van der Waals surface area contributed by atoms with E-state index in [4.69, 9.17) is 17.3 Å². The molecular formula is C13H19ClN2. The fraction of sp³-hybridized carbons (Fsp3) is 0.538. The van der Waals surface area contributed by atoms with Crippen molar-refractivity contribution in [1.29, 1.82) is 0 Å². The van der Waals surface area contributed by atoms with Crippen molar-refractivity contribution in [3.63, 3.8) is 0 Å². The van der Waals surface area contributed by atoms with Gasteiger partial charge < -0.3 is 10.6 Å². The molecule has 2 rings (SSSR count). The van der Waals surface area contributed by atoms with E-state index in [0.29, 0.717) is 11.1 Å². The van der Waals surface area contributed by atoms with Crippen LogP contribution in [0.2, 0.25) is 5.02 Å². The van der Waals surface area contributed by atoms with Crippen LogP contribution in [0.15, 0.2) is 18.2 Å². The molecule has 1 aromatic rings. The number of halogens is 1. The molecule has 2 atom stereocenters. The van der Waals surface area contributed by atoms with Crippen molar-refractivity contribution in [2.75, 3.05) is 17.2 Å². The Balaban J connectivity index is 2.28. The van der Waals surface area contributed by atoms with Crippen LogP contribution in [0.3, 0.4) is 0 Å². The van der Waals surface area contributed by atoms with E-state index in [9.17, 15) is 0 Å². The summed E-state index contributed by atoms with van der Waals surface area (Å²) in [6.45, 7) is 5.65. The van der Waals surface area contributed by atoms with Gasteiger partial charge in [-0.15, -0.1) is 0 Å². The highest BCUT2D eigenvalue weighted by atomic mass is 35.5. The maximum Gasteiger partial charge on any atom is 0.0603 e. The van der Waals surface area contributed by atoms with E-state index < -0.39 is 0 Å². The molecule has 1 aromatic carbocycles. The van der Waals surface area contributed by atoms with Gasteiger partial charge in [0.05, 0.1) is 11.4 Å². The average Bonchev–Trinajstić information content (AvgIpc) is 2.22. The Labute approximate surface area is 102 Å². The van der Waals surface area contributed by atoms with Gasteiger partial charge in [-0.3, -0.25) is 0 Å². The normalized spacial score (nSPS) is 25.8. The molecule has 1 aliphatic heterocycles. The van der Waals surface area contributed by atoms with Crippen LogP contribution >= 0.6 is 11.6 Å². The second-order valence-electron chi connectivity index (χ2n) is 4.89. The molecule has 1 aliphatic rings. The summed E-state index contributed by atoms with van der Waals surface area (Å²) < 4.78 is 0. The van der Waals surface area contributed by atoms with Gasteiger partial charge in [0.15, 0.2) is 0 Å². The molecule has 0 bridgehead atoms. The van der Waals surface area contributed by atoms with Crippen LogP contribution < -0.4 is 10.6 Å². The first kappa shape index (κ1) is 11.6. The minimum Gasteiger partial charge on any atom is -0.397 e. The van der Waals surface area contributed by atoms with Crippen molar-refractivity contribution >= 4 is 23.0 Å². The molecule has 2 N–H and O–H groups in total. The van der Waals surface area contributed by atoms with Gasteiger partial charge in [0.2, 0.25) is 0 Å². The van der Waals surface area contributed by atoms with Gasteiger partial charge in [-0.05, 0) is 43.9 Å². The monoisotopic (exact) mass is 238 g/mol. The molecule has 1 saturated heterocycles. The van der Waals surface area contributed by atoms with Crippen LogP contribution in [0.1, 0.15) is 26.7 Å². The molecule has 2 nitrogen and oxygen atoms in total. The first-order chi connectivity index (χ1) is 7.58. The van der Waals surface area contributed by atoms with Gasteiger partial charge in [-0.2, -0.15) is 0 Å². The van der Waals surface area contributed by atoms with Gasteiger partial charge in [-0.25, -0.2) is 0 Å². The maximum absolute atomic E-state index is 6.03. The van der Waals surface area contributed by atoms with Gasteiger partial charge in [0, 0.05) is 17.6 Å². The molecule has 88 valence electrons. The number of anilines is 2. The van der Waals surface area contributed by atoms with Gasteiger partial charge in [0.1, 0.15) is 0 Å². The van der Waals surface area contributed by atoms with Gasteiger partial charge in [0.25, 0.3) is 0 Å². The Bertz CT molecular complexity index is 378. The maximum atomic E-state index is 6.03. The summed E-state index contributed by atoms with van der Waals surface area (Å²) in [5, 5.41) is 0.707. The zero-order valence-electron chi connectivity index (χ0n) is 9.91. The molecule has 3 heteroatoms. The fourth-order valence-electron chi connectivity index (χ4n) is 2.41. The van der Waals surface area contributed by atoms with E-state index in [0.717, 1.165) is 23.8 Å². The van der Waals surface area contributed by atoms with E-state index in [1.54, 1.807) is 0 Å². The minimum atomic E-state index is 0.569. The number of nitrogen functional groups attached to an aromatic ring is 1. The fourth-order valence-corrected chi connectivity index (χ4v) is 2.59. The van der Waals surface area contributed by atoms with Crippen molar-refractivity contribution in [3.05, 3.63) is 23.2 Å². The van der Waals surface area contributed by atoms with Crippen molar-refractivity contribution in [2.45, 2.75) is 32.7 Å². The Morgan fingerprint density at radius 3 is 2.75 bits per heavy atom. The molecule has 0 amide bonds. The van der Waals surface area contributed by atoms with Crippen LogP contribution in [-0.4, -0.2) is 12.6 Å². The molecule has 0 spiro atoms. The van der Waals surface area contributed by atoms with Crippen LogP contribution in [0.25, 0.3) is 0 Å². The minimum absolute atomic E-state index is 0.569. The number of hydrogen-bond donors (Lipinski definition) is 1. The van der Waals surface area contributed by atoms with Crippen LogP contribution in [0, 0.1) is 5.92 Å². The number of rotatable bonds is 1. The zero-order chi connectivity index (χ0) is 11.7. The summed E-state index contributed by atoms with van der Waals surface area (Å²) >= 11 is 5.92. The summed E-state index contributed by atoms with van der Waals surface area (Å²) in [7, 11) is 0. The van der Waals surface area contributed by atoms with Crippen LogP contribution in [0.4, 0.5) is 11.4 Å². The lowest BCUT2D eigenvalue weighted by Gasteiger charge is -2.39. The van der Waals surface area contributed by atoms with E-state index in [1.165, 1.54) is 12.8 Å². The third-order valence-electron chi connectivity index (χ3n) is 3.42.